The number of aliphatic hydroxyl groups excluding tert-OH is 2. The molecular weight excluding hydrogens is 264 g/mol. The average Bonchev–Trinajstić information content (AvgIpc) is 2.36. The van der Waals surface area contributed by atoms with Gasteiger partial charge in [0, 0.05) is 12.8 Å². The van der Waals surface area contributed by atoms with Crippen LogP contribution in [0, 0.1) is 11.8 Å². The summed E-state index contributed by atoms with van der Waals surface area (Å²) < 4.78 is 16.1. The molecular formula is C14H28O6. The van der Waals surface area contributed by atoms with Crippen molar-refractivity contribution in [3.05, 3.63) is 0 Å². The van der Waals surface area contributed by atoms with Gasteiger partial charge in [-0.25, -0.2) is 0 Å². The normalized spacial score (nSPS) is 17.6. The van der Waals surface area contributed by atoms with Crippen molar-refractivity contribution in [2.24, 2.45) is 11.8 Å². The van der Waals surface area contributed by atoms with Gasteiger partial charge in [-0.1, -0.05) is 20.8 Å². The van der Waals surface area contributed by atoms with Crippen LogP contribution in [-0.2, 0) is 19.0 Å². The second-order valence-electron chi connectivity index (χ2n) is 5.47. The fourth-order valence-electron chi connectivity index (χ4n) is 1.38. The quantitative estimate of drug-likeness (QED) is 0.460. The summed E-state index contributed by atoms with van der Waals surface area (Å²) in [6.07, 6.45) is -2.16. The van der Waals surface area contributed by atoms with Gasteiger partial charge in [0.2, 0.25) is 0 Å². The van der Waals surface area contributed by atoms with Crippen LogP contribution < -0.4 is 0 Å². The van der Waals surface area contributed by atoms with Gasteiger partial charge in [-0.15, -0.1) is 0 Å². The Hall–Kier alpha value is -0.690. The first kappa shape index (κ1) is 19.3. The van der Waals surface area contributed by atoms with E-state index < -0.39 is 24.5 Å². The summed E-state index contributed by atoms with van der Waals surface area (Å²) >= 11 is 0. The lowest BCUT2D eigenvalue weighted by Gasteiger charge is -2.30. The van der Waals surface area contributed by atoms with Crippen molar-refractivity contribution in [3.8, 4) is 0 Å². The largest absolute Gasteiger partial charge is 0.463 e. The summed E-state index contributed by atoms with van der Waals surface area (Å²) in [5.41, 5.74) is 0. The van der Waals surface area contributed by atoms with Crippen LogP contribution in [0.4, 0.5) is 0 Å². The minimum atomic E-state index is -0.814. The van der Waals surface area contributed by atoms with Gasteiger partial charge in [-0.3, -0.25) is 4.79 Å². The van der Waals surface area contributed by atoms with Crippen molar-refractivity contribution in [2.75, 3.05) is 19.8 Å². The number of hydrogen-bond donors (Lipinski definition) is 2. The van der Waals surface area contributed by atoms with Crippen molar-refractivity contribution in [1.82, 2.24) is 0 Å². The van der Waals surface area contributed by atoms with E-state index in [-0.39, 0.29) is 19.1 Å². The summed E-state index contributed by atoms with van der Waals surface area (Å²) in [5, 5.41) is 18.9. The van der Waals surface area contributed by atoms with Crippen molar-refractivity contribution in [1.29, 1.82) is 0 Å². The number of hydrogen-bond acceptors (Lipinski definition) is 6. The maximum Gasteiger partial charge on any atom is 0.302 e. The highest BCUT2D eigenvalue weighted by molar-refractivity contribution is 5.65. The molecule has 120 valence electrons. The Balaban J connectivity index is 4.57. The molecule has 0 spiro atoms. The zero-order chi connectivity index (χ0) is 15.7. The van der Waals surface area contributed by atoms with Crippen LogP contribution >= 0.6 is 0 Å². The fraction of sp³-hybridized carbons (Fsp3) is 0.929. The predicted molar refractivity (Wildman–Crippen MR) is 74.0 cm³/mol. The number of rotatable bonds is 10. The number of ether oxygens (including phenoxy) is 3. The standard InChI is InChI=1S/C14H28O6/c1-9(2)7-19-14(10(3)6-15)20-13(11(4)16)8-18-12(5)17/h9-11,13-16H,6-8H2,1-5H3/t10-,11-,13?,14+/m0/s1. The van der Waals surface area contributed by atoms with Gasteiger partial charge in [0.25, 0.3) is 0 Å². The number of esters is 1. The smallest absolute Gasteiger partial charge is 0.302 e. The predicted octanol–water partition coefficient (Wildman–Crippen LogP) is 0.943. The molecule has 0 saturated heterocycles. The highest BCUT2D eigenvalue weighted by Gasteiger charge is 2.26. The van der Waals surface area contributed by atoms with E-state index in [2.05, 4.69) is 0 Å². The molecule has 6 nitrogen and oxygen atoms in total. The topological polar surface area (TPSA) is 85.2 Å². The lowest BCUT2D eigenvalue weighted by Crippen LogP contribution is -2.40. The van der Waals surface area contributed by atoms with E-state index in [0.29, 0.717) is 12.5 Å². The molecule has 0 aromatic heterocycles. The summed E-state index contributed by atoms with van der Waals surface area (Å²) in [7, 11) is 0. The van der Waals surface area contributed by atoms with E-state index in [1.54, 1.807) is 13.8 Å². The molecule has 0 amide bonds. The third kappa shape index (κ3) is 8.47. The Morgan fingerprint density at radius 3 is 2.15 bits per heavy atom. The van der Waals surface area contributed by atoms with E-state index in [4.69, 9.17) is 14.2 Å². The fourth-order valence-corrected chi connectivity index (χ4v) is 1.38. The van der Waals surface area contributed by atoms with Crippen LogP contribution in [-0.4, -0.2) is 54.5 Å². The lowest BCUT2D eigenvalue weighted by atomic mass is 10.1. The second-order valence-corrected chi connectivity index (χ2v) is 5.47. The highest BCUT2D eigenvalue weighted by atomic mass is 16.7. The first-order valence-corrected chi connectivity index (χ1v) is 6.97. The van der Waals surface area contributed by atoms with Gasteiger partial charge in [0.1, 0.15) is 12.7 Å². The molecule has 0 aliphatic heterocycles. The molecule has 0 radical (unpaired) electrons. The molecule has 0 saturated carbocycles. The Morgan fingerprint density at radius 2 is 1.75 bits per heavy atom. The number of carbonyl (C=O) groups is 1. The van der Waals surface area contributed by atoms with Crippen LogP contribution in [0.1, 0.15) is 34.6 Å². The number of carbonyl (C=O) groups excluding carboxylic acids is 1. The first-order valence-electron chi connectivity index (χ1n) is 6.97. The van der Waals surface area contributed by atoms with E-state index in [1.165, 1.54) is 6.92 Å². The van der Waals surface area contributed by atoms with Gasteiger partial charge in [-0.2, -0.15) is 0 Å². The minimum absolute atomic E-state index is 0.0489. The lowest BCUT2D eigenvalue weighted by molar-refractivity contribution is -0.228. The molecule has 0 aliphatic rings. The van der Waals surface area contributed by atoms with Crippen molar-refractivity contribution in [2.45, 2.75) is 53.1 Å². The Bertz CT molecular complexity index is 266. The molecule has 2 N–H and O–H groups in total. The van der Waals surface area contributed by atoms with Gasteiger partial charge >= 0.3 is 5.97 Å². The van der Waals surface area contributed by atoms with Crippen molar-refractivity contribution < 1.29 is 29.2 Å². The summed E-state index contributed by atoms with van der Waals surface area (Å²) in [5.74, 6) is -0.355. The van der Waals surface area contributed by atoms with E-state index in [9.17, 15) is 15.0 Å². The molecule has 6 heteroatoms. The average molecular weight is 292 g/mol. The molecule has 0 aliphatic carbocycles. The molecule has 20 heavy (non-hydrogen) atoms. The van der Waals surface area contributed by atoms with Crippen LogP contribution in [0.25, 0.3) is 0 Å². The van der Waals surface area contributed by atoms with Crippen LogP contribution in [0.2, 0.25) is 0 Å². The van der Waals surface area contributed by atoms with Gasteiger partial charge in [0.05, 0.1) is 19.3 Å². The van der Waals surface area contributed by atoms with E-state index in [1.807, 2.05) is 13.8 Å². The molecule has 4 atom stereocenters. The SMILES string of the molecule is CC(=O)OCC(O[C@@H](OCC(C)C)[C@@H](C)CO)[C@H](C)O. The third-order valence-electron chi connectivity index (χ3n) is 2.64. The third-order valence-corrected chi connectivity index (χ3v) is 2.64. The van der Waals surface area contributed by atoms with Crippen LogP contribution in [0.3, 0.4) is 0 Å². The van der Waals surface area contributed by atoms with Crippen LogP contribution in [0.15, 0.2) is 0 Å². The van der Waals surface area contributed by atoms with Gasteiger partial charge < -0.3 is 24.4 Å². The summed E-state index contributed by atoms with van der Waals surface area (Å²) in [6, 6.07) is 0. The minimum Gasteiger partial charge on any atom is -0.463 e. The van der Waals surface area contributed by atoms with Gasteiger partial charge in [-0.05, 0) is 12.8 Å². The maximum absolute atomic E-state index is 10.8. The summed E-state index contributed by atoms with van der Waals surface area (Å²) in [4.78, 5) is 10.8. The molecule has 0 heterocycles. The molecule has 1 unspecified atom stereocenters. The maximum atomic E-state index is 10.8. The molecule has 0 bridgehead atoms. The highest BCUT2D eigenvalue weighted by Crippen LogP contribution is 2.15. The van der Waals surface area contributed by atoms with Crippen LogP contribution in [0.5, 0.6) is 0 Å². The van der Waals surface area contributed by atoms with Crippen molar-refractivity contribution >= 4 is 5.97 Å². The monoisotopic (exact) mass is 292 g/mol. The van der Waals surface area contributed by atoms with Gasteiger partial charge in [0.15, 0.2) is 6.29 Å². The zero-order valence-corrected chi connectivity index (χ0v) is 13.0. The second kappa shape index (κ2) is 10.1. The molecule has 0 fully saturated rings. The van der Waals surface area contributed by atoms with Crippen molar-refractivity contribution in [3.63, 3.8) is 0 Å². The molecule has 0 rings (SSSR count). The molecule has 0 aromatic rings. The van der Waals surface area contributed by atoms with E-state index in [0.717, 1.165) is 0 Å². The first-order chi connectivity index (χ1) is 9.27. The number of aliphatic hydroxyl groups is 2. The van der Waals surface area contributed by atoms with E-state index >= 15 is 0 Å². The molecule has 0 aromatic carbocycles. The summed E-state index contributed by atoms with van der Waals surface area (Å²) in [6.45, 7) is 8.98. The zero-order valence-electron chi connectivity index (χ0n) is 13.0. The Labute approximate surface area is 121 Å². The Morgan fingerprint density at radius 1 is 1.15 bits per heavy atom. The Kier molecular flexibility index (Phi) is 9.75.